The molecule has 0 nitrogen and oxygen atoms in total. The van der Waals surface area contributed by atoms with Gasteiger partial charge in [-0.05, 0) is 53.1 Å². The molecule has 0 aliphatic carbocycles. The molecule has 0 saturated carbocycles. The number of aryl methyl sites for hydroxylation is 1. The summed E-state index contributed by atoms with van der Waals surface area (Å²) < 4.78 is 1.32. The van der Waals surface area contributed by atoms with E-state index in [0.29, 0.717) is 0 Å². The molecule has 0 unspecified atom stereocenters. The van der Waals surface area contributed by atoms with Crippen LogP contribution in [0.2, 0.25) is 0 Å². The second-order valence-corrected chi connectivity index (χ2v) is 3.98. The fourth-order valence-corrected chi connectivity index (χ4v) is 1.39. The molecule has 0 aliphatic heterocycles. The molecule has 0 fully saturated rings. The van der Waals surface area contributed by atoms with Gasteiger partial charge in [-0.25, -0.2) is 0 Å². The SMILES string of the molecule is CC.CCCCc1ccc(I)cc1. The summed E-state index contributed by atoms with van der Waals surface area (Å²) in [5.74, 6) is 0. The lowest BCUT2D eigenvalue weighted by Crippen LogP contribution is -1.83. The Hall–Kier alpha value is -0.0500. The smallest absolute Gasteiger partial charge is 0.0130 e. The lowest BCUT2D eigenvalue weighted by atomic mass is 10.1. The highest BCUT2D eigenvalue weighted by molar-refractivity contribution is 14.1. The van der Waals surface area contributed by atoms with E-state index in [-0.39, 0.29) is 0 Å². The molecule has 0 saturated heterocycles. The molecule has 0 amide bonds. The van der Waals surface area contributed by atoms with Crippen molar-refractivity contribution >= 4 is 22.6 Å². The Morgan fingerprint density at radius 2 is 1.62 bits per heavy atom. The van der Waals surface area contributed by atoms with Crippen LogP contribution in [0.15, 0.2) is 24.3 Å². The Bertz CT molecular complexity index is 201. The molecule has 1 heteroatoms. The van der Waals surface area contributed by atoms with Crippen LogP contribution in [-0.4, -0.2) is 0 Å². The van der Waals surface area contributed by atoms with Crippen LogP contribution in [0.3, 0.4) is 0 Å². The molecule has 0 radical (unpaired) electrons. The minimum atomic E-state index is 1.23. The van der Waals surface area contributed by atoms with Gasteiger partial charge in [0, 0.05) is 3.57 Å². The molecule has 13 heavy (non-hydrogen) atoms. The number of hydrogen-bond acceptors (Lipinski definition) is 0. The first-order valence-electron chi connectivity index (χ1n) is 5.07. The quantitative estimate of drug-likeness (QED) is 0.710. The van der Waals surface area contributed by atoms with Crippen molar-refractivity contribution in [1.29, 1.82) is 0 Å². The standard InChI is InChI=1S/C10H13I.C2H6/c1-2-3-4-9-5-7-10(11)8-6-9;1-2/h5-8H,2-4H2,1H3;1-2H3. The van der Waals surface area contributed by atoms with E-state index in [1.54, 1.807) is 0 Å². The number of benzene rings is 1. The third-order valence-corrected chi connectivity index (χ3v) is 2.45. The van der Waals surface area contributed by atoms with Crippen molar-refractivity contribution in [3.63, 3.8) is 0 Å². The first kappa shape index (κ1) is 12.9. The zero-order valence-electron chi connectivity index (χ0n) is 8.81. The Labute approximate surface area is 95.9 Å². The summed E-state index contributed by atoms with van der Waals surface area (Å²) in [7, 11) is 0. The van der Waals surface area contributed by atoms with Crippen LogP contribution in [0.25, 0.3) is 0 Å². The maximum absolute atomic E-state index is 2.33. The van der Waals surface area contributed by atoms with Crippen molar-refractivity contribution in [2.75, 3.05) is 0 Å². The third-order valence-electron chi connectivity index (χ3n) is 1.73. The summed E-state index contributed by atoms with van der Waals surface area (Å²) in [6.45, 7) is 6.23. The fraction of sp³-hybridized carbons (Fsp3) is 0.500. The summed E-state index contributed by atoms with van der Waals surface area (Å²) in [5.41, 5.74) is 1.47. The highest BCUT2D eigenvalue weighted by Gasteiger charge is 1.90. The van der Waals surface area contributed by atoms with Gasteiger partial charge >= 0.3 is 0 Å². The predicted octanol–water partition coefficient (Wildman–Crippen LogP) is 4.66. The number of hydrogen-bond donors (Lipinski definition) is 0. The van der Waals surface area contributed by atoms with E-state index in [4.69, 9.17) is 0 Å². The molecule has 0 spiro atoms. The summed E-state index contributed by atoms with van der Waals surface area (Å²) in [6, 6.07) is 8.78. The lowest BCUT2D eigenvalue weighted by Gasteiger charge is -1.98. The average Bonchev–Trinajstić information content (AvgIpc) is 2.20. The first-order chi connectivity index (χ1) is 6.33. The van der Waals surface area contributed by atoms with Crippen molar-refractivity contribution in [1.82, 2.24) is 0 Å². The maximum Gasteiger partial charge on any atom is 0.0130 e. The van der Waals surface area contributed by atoms with E-state index in [1.165, 1.54) is 28.4 Å². The topological polar surface area (TPSA) is 0 Å². The molecular weight excluding hydrogens is 271 g/mol. The number of rotatable bonds is 3. The summed E-state index contributed by atoms with van der Waals surface area (Å²) in [4.78, 5) is 0. The van der Waals surface area contributed by atoms with Crippen LogP contribution < -0.4 is 0 Å². The van der Waals surface area contributed by atoms with Crippen molar-refractivity contribution in [2.45, 2.75) is 40.0 Å². The van der Waals surface area contributed by atoms with Gasteiger partial charge in [0.05, 0.1) is 0 Å². The van der Waals surface area contributed by atoms with Crippen LogP contribution in [0, 0.1) is 3.57 Å². The van der Waals surface area contributed by atoms with Crippen molar-refractivity contribution in [3.8, 4) is 0 Å². The van der Waals surface area contributed by atoms with E-state index in [1.807, 2.05) is 13.8 Å². The summed E-state index contributed by atoms with van der Waals surface area (Å²) >= 11 is 2.33. The molecular formula is C12H19I. The van der Waals surface area contributed by atoms with Crippen molar-refractivity contribution in [2.24, 2.45) is 0 Å². The largest absolute Gasteiger partial charge is 0.0683 e. The molecule has 0 N–H and O–H groups in total. The molecule has 1 aromatic rings. The minimum absolute atomic E-state index is 1.23. The molecule has 1 rings (SSSR count). The fourth-order valence-electron chi connectivity index (χ4n) is 1.03. The van der Waals surface area contributed by atoms with Gasteiger partial charge in [-0.2, -0.15) is 0 Å². The third kappa shape index (κ3) is 6.08. The average molecular weight is 290 g/mol. The molecule has 0 bridgehead atoms. The van der Waals surface area contributed by atoms with Gasteiger partial charge in [0.2, 0.25) is 0 Å². The van der Waals surface area contributed by atoms with Crippen LogP contribution >= 0.6 is 22.6 Å². The van der Waals surface area contributed by atoms with Crippen molar-refractivity contribution in [3.05, 3.63) is 33.4 Å². The van der Waals surface area contributed by atoms with Crippen LogP contribution in [0.1, 0.15) is 39.2 Å². The first-order valence-corrected chi connectivity index (χ1v) is 6.15. The molecule has 1 aromatic carbocycles. The van der Waals surface area contributed by atoms with Gasteiger partial charge in [-0.15, -0.1) is 0 Å². The summed E-state index contributed by atoms with van der Waals surface area (Å²) in [6.07, 6.45) is 3.82. The monoisotopic (exact) mass is 290 g/mol. The van der Waals surface area contributed by atoms with Crippen LogP contribution in [0.4, 0.5) is 0 Å². The molecule has 0 aliphatic rings. The Balaban J connectivity index is 0.000000671. The maximum atomic E-state index is 2.33. The van der Waals surface area contributed by atoms with Crippen LogP contribution in [-0.2, 0) is 6.42 Å². The van der Waals surface area contributed by atoms with Gasteiger partial charge < -0.3 is 0 Å². The lowest BCUT2D eigenvalue weighted by molar-refractivity contribution is 0.795. The van der Waals surface area contributed by atoms with Crippen LogP contribution in [0.5, 0.6) is 0 Å². The zero-order chi connectivity index (χ0) is 10.1. The predicted molar refractivity (Wildman–Crippen MR) is 69.1 cm³/mol. The Morgan fingerprint density at radius 1 is 1.08 bits per heavy atom. The molecule has 74 valence electrons. The van der Waals surface area contributed by atoms with E-state index >= 15 is 0 Å². The van der Waals surface area contributed by atoms with E-state index in [2.05, 4.69) is 53.8 Å². The number of halogens is 1. The summed E-state index contributed by atoms with van der Waals surface area (Å²) in [5, 5.41) is 0. The normalized spacial score (nSPS) is 8.92. The van der Waals surface area contributed by atoms with Gasteiger partial charge in [0.1, 0.15) is 0 Å². The second kappa shape index (κ2) is 8.54. The highest BCUT2D eigenvalue weighted by atomic mass is 127. The van der Waals surface area contributed by atoms with E-state index < -0.39 is 0 Å². The van der Waals surface area contributed by atoms with Gasteiger partial charge in [0.15, 0.2) is 0 Å². The Kier molecular flexibility index (Phi) is 8.51. The highest BCUT2D eigenvalue weighted by Crippen LogP contribution is 2.08. The molecule has 0 heterocycles. The number of unbranched alkanes of at least 4 members (excludes halogenated alkanes) is 1. The second-order valence-electron chi connectivity index (χ2n) is 2.73. The molecule has 0 aromatic heterocycles. The van der Waals surface area contributed by atoms with Gasteiger partial charge in [-0.1, -0.05) is 39.3 Å². The van der Waals surface area contributed by atoms with Gasteiger partial charge in [-0.3, -0.25) is 0 Å². The zero-order valence-corrected chi connectivity index (χ0v) is 11.0. The van der Waals surface area contributed by atoms with E-state index in [0.717, 1.165) is 0 Å². The van der Waals surface area contributed by atoms with Crippen molar-refractivity contribution < 1.29 is 0 Å². The minimum Gasteiger partial charge on any atom is -0.0683 e. The Morgan fingerprint density at radius 3 is 2.08 bits per heavy atom. The van der Waals surface area contributed by atoms with E-state index in [9.17, 15) is 0 Å². The molecule has 0 atom stereocenters. The van der Waals surface area contributed by atoms with Gasteiger partial charge in [0.25, 0.3) is 0 Å².